The smallest absolute Gasteiger partial charge is 0.331 e. The Morgan fingerprint density at radius 2 is 1.96 bits per heavy atom. The Hall–Kier alpha value is -2.72. The molecule has 10 heteroatoms. The van der Waals surface area contributed by atoms with Crippen LogP contribution in [0.5, 0.6) is 0 Å². The van der Waals surface area contributed by atoms with Gasteiger partial charge in [-0.25, -0.2) is 17.9 Å². The van der Waals surface area contributed by atoms with Crippen LogP contribution < -0.4 is 10.0 Å². The van der Waals surface area contributed by atoms with Gasteiger partial charge in [-0.3, -0.25) is 9.48 Å². The lowest BCUT2D eigenvalue weighted by atomic mass is 10.1. The first-order valence-electron chi connectivity index (χ1n) is 8.19. The number of carboxylic acids is 1. The highest BCUT2D eigenvalue weighted by Gasteiger charge is 2.30. The minimum Gasteiger partial charge on any atom is -0.479 e. The normalized spacial score (nSPS) is 12.0. The number of amides is 1. The van der Waals surface area contributed by atoms with Gasteiger partial charge in [0, 0.05) is 18.3 Å². The lowest BCUT2D eigenvalue weighted by Crippen LogP contribution is -2.35. The van der Waals surface area contributed by atoms with Gasteiger partial charge >= 0.3 is 5.97 Å². The first kappa shape index (κ1) is 20.6. The predicted molar refractivity (Wildman–Crippen MR) is 99.2 cm³/mol. The average molecular weight is 394 g/mol. The molecule has 1 aromatic heterocycles. The van der Waals surface area contributed by atoms with Gasteiger partial charge in [-0.15, -0.1) is 0 Å². The molecule has 9 nitrogen and oxygen atoms in total. The van der Waals surface area contributed by atoms with E-state index in [4.69, 9.17) is 0 Å². The third-order valence-corrected chi connectivity index (χ3v) is 5.58. The first-order chi connectivity index (χ1) is 12.5. The molecule has 3 N–H and O–H groups in total. The van der Waals surface area contributed by atoms with E-state index in [2.05, 4.69) is 15.1 Å². The first-order valence-corrected chi connectivity index (χ1v) is 9.67. The monoisotopic (exact) mass is 394 g/mol. The molecule has 0 aliphatic rings. The zero-order chi connectivity index (χ0) is 20.4. The van der Waals surface area contributed by atoms with Crippen LogP contribution in [0, 0.1) is 6.92 Å². The van der Waals surface area contributed by atoms with Crippen LogP contribution in [0.2, 0.25) is 0 Å². The third kappa shape index (κ3) is 4.34. The van der Waals surface area contributed by atoms with Gasteiger partial charge in [0.2, 0.25) is 10.0 Å². The Morgan fingerprint density at radius 3 is 2.56 bits per heavy atom. The van der Waals surface area contributed by atoms with Gasteiger partial charge in [0.1, 0.15) is 0 Å². The van der Waals surface area contributed by atoms with Crippen LogP contribution in [0.25, 0.3) is 0 Å². The summed E-state index contributed by atoms with van der Waals surface area (Å²) in [5.41, 5.74) is -0.187. The van der Waals surface area contributed by atoms with E-state index in [0.717, 1.165) is 0 Å². The number of carboxylic acid groups (broad SMARTS) is 1. The van der Waals surface area contributed by atoms with E-state index in [0.29, 0.717) is 11.3 Å². The molecule has 2 aromatic rings. The van der Waals surface area contributed by atoms with E-state index in [1.54, 1.807) is 19.9 Å². The van der Waals surface area contributed by atoms with Crippen molar-refractivity contribution >= 4 is 27.6 Å². The molecule has 0 aliphatic heterocycles. The number of aryl methyl sites for hydroxylation is 1. The molecular weight excluding hydrogens is 372 g/mol. The lowest BCUT2D eigenvalue weighted by molar-refractivity contribution is -0.146. The van der Waals surface area contributed by atoms with Crippen molar-refractivity contribution in [3.63, 3.8) is 0 Å². The molecule has 1 aromatic carbocycles. The summed E-state index contributed by atoms with van der Waals surface area (Å²) in [5.74, 6) is -1.59. The maximum Gasteiger partial charge on any atom is 0.331 e. The van der Waals surface area contributed by atoms with E-state index in [1.807, 2.05) is 0 Å². The quantitative estimate of drug-likeness (QED) is 0.653. The zero-order valence-corrected chi connectivity index (χ0v) is 16.3. The second-order valence-corrected chi connectivity index (χ2v) is 8.24. The highest BCUT2D eigenvalue weighted by Crippen LogP contribution is 2.20. The number of aliphatic carboxylic acids is 1. The number of hydrogen-bond donors (Lipinski definition) is 3. The zero-order valence-electron chi connectivity index (χ0n) is 15.5. The predicted octanol–water partition coefficient (Wildman–Crippen LogP) is 1.56. The van der Waals surface area contributed by atoms with E-state index in [1.165, 1.54) is 43.1 Å². The number of aromatic nitrogens is 2. The summed E-state index contributed by atoms with van der Waals surface area (Å²) in [4.78, 5) is 23.9. The van der Waals surface area contributed by atoms with Gasteiger partial charge in [-0.1, -0.05) is 13.0 Å². The standard InChI is InChI=1S/C17H22N4O5S/c1-5-19-27(25,26)13-7-6-11(2)14(8-13)15(22)20-12-9-18-21(10-12)17(3,4)16(23)24/h6-10,19H,5H2,1-4H3,(H,20,22)(H,23,24). The summed E-state index contributed by atoms with van der Waals surface area (Å²) in [7, 11) is -3.69. The third-order valence-electron chi connectivity index (χ3n) is 4.03. The number of sulfonamides is 1. The van der Waals surface area contributed by atoms with Crippen LogP contribution in [-0.2, 0) is 20.4 Å². The summed E-state index contributed by atoms with van der Waals surface area (Å²) in [5, 5.41) is 15.8. The van der Waals surface area contributed by atoms with Crippen molar-refractivity contribution < 1.29 is 23.1 Å². The molecule has 0 bridgehead atoms. The van der Waals surface area contributed by atoms with E-state index in [-0.39, 0.29) is 17.0 Å². The van der Waals surface area contributed by atoms with Gasteiger partial charge in [0.05, 0.1) is 16.8 Å². The number of carbonyl (C=O) groups is 2. The van der Waals surface area contributed by atoms with Crippen LogP contribution in [0.1, 0.15) is 36.7 Å². The molecule has 0 saturated carbocycles. The Balaban J connectivity index is 2.29. The summed E-state index contributed by atoms with van der Waals surface area (Å²) >= 11 is 0. The minimum atomic E-state index is -3.69. The van der Waals surface area contributed by atoms with Crippen molar-refractivity contribution in [2.45, 2.75) is 38.1 Å². The van der Waals surface area contributed by atoms with Crippen molar-refractivity contribution in [3.05, 3.63) is 41.7 Å². The van der Waals surface area contributed by atoms with Gasteiger partial charge in [-0.2, -0.15) is 5.10 Å². The molecule has 0 radical (unpaired) electrons. The summed E-state index contributed by atoms with van der Waals surface area (Å²) in [6, 6.07) is 4.28. The fourth-order valence-corrected chi connectivity index (χ4v) is 3.34. The Kier molecular flexibility index (Phi) is 5.71. The number of nitrogens with one attached hydrogen (secondary N) is 2. The molecular formula is C17H22N4O5S. The molecule has 0 aliphatic carbocycles. The molecule has 1 amide bonds. The molecule has 2 rings (SSSR count). The number of carbonyl (C=O) groups excluding carboxylic acids is 1. The number of rotatable bonds is 7. The molecule has 27 heavy (non-hydrogen) atoms. The van der Waals surface area contributed by atoms with Crippen molar-refractivity contribution in [1.29, 1.82) is 0 Å². The van der Waals surface area contributed by atoms with Crippen LogP contribution in [0.15, 0.2) is 35.5 Å². The van der Waals surface area contributed by atoms with E-state index < -0.39 is 27.4 Å². The van der Waals surface area contributed by atoms with Crippen LogP contribution in [0.4, 0.5) is 5.69 Å². The molecule has 1 heterocycles. The van der Waals surface area contributed by atoms with Gasteiger partial charge < -0.3 is 10.4 Å². The Bertz CT molecular complexity index is 979. The number of anilines is 1. The highest BCUT2D eigenvalue weighted by atomic mass is 32.2. The molecule has 0 saturated heterocycles. The van der Waals surface area contributed by atoms with Crippen LogP contribution in [0.3, 0.4) is 0 Å². The Labute approximate surface area is 157 Å². The summed E-state index contributed by atoms with van der Waals surface area (Å²) in [6.45, 7) is 6.54. The van der Waals surface area contributed by atoms with Crippen molar-refractivity contribution in [2.75, 3.05) is 11.9 Å². The molecule has 0 spiro atoms. The van der Waals surface area contributed by atoms with Crippen molar-refractivity contribution in [3.8, 4) is 0 Å². The topological polar surface area (TPSA) is 130 Å². The molecule has 0 atom stereocenters. The van der Waals surface area contributed by atoms with Gasteiger partial charge in [0.25, 0.3) is 5.91 Å². The average Bonchev–Trinajstić information content (AvgIpc) is 3.04. The second-order valence-electron chi connectivity index (χ2n) is 6.47. The minimum absolute atomic E-state index is 0.0113. The summed E-state index contributed by atoms with van der Waals surface area (Å²) < 4.78 is 27.9. The van der Waals surface area contributed by atoms with Crippen LogP contribution in [-0.4, -0.2) is 41.7 Å². The largest absolute Gasteiger partial charge is 0.479 e. The van der Waals surface area contributed by atoms with Gasteiger partial charge in [0.15, 0.2) is 5.54 Å². The molecule has 146 valence electrons. The van der Waals surface area contributed by atoms with Crippen molar-refractivity contribution in [1.82, 2.24) is 14.5 Å². The van der Waals surface area contributed by atoms with E-state index >= 15 is 0 Å². The summed E-state index contributed by atoms with van der Waals surface area (Å²) in [6.07, 6.45) is 2.73. The Morgan fingerprint density at radius 1 is 1.30 bits per heavy atom. The maximum absolute atomic E-state index is 12.6. The van der Waals surface area contributed by atoms with Gasteiger partial charge in [-0.05, 0) is 38.5 Å². The lowest BCUT2D eigenvalue weighted by Gasteiger charge is -2.19. The number of nitrogens with zero attached hydrogens (tertiary/aromatic N) is 2. The number of benzene rings is 1. The van der Waals surface area contributed by atoms with E-state index in [9.17, 15) is 23.1 Å². The maximum atomic E-state index is 12.6. The van der Waals surface area contributed by atoms with Crippen molar-refractivity contribution in [2.24, 2.45) is 0 Å². The molecule has 0 unspecified atom stereocenters. The fourth-order valence-electron chi connectivity index (χ4n) is 2.28. The second kappa shape index (κ2) is 7.49. The van der Waals surface area contributed by atoms with Crippen LogP contribution >= 0.6 is 0 Å². The number of hydrogen-bond acceptors (Lipinski definition) is 5. The fraction of sp³-hybridized carbons (Fsp3) is 0.353. The SMILES string of the molecule is CCNS(=O)(=O)c1ccc(C)c(C(=O)Nc2cnn(C(C)(C)C(=O)O)c2)c1. The molecule has 0 fully saturated rings. The highest BCUT2D eigenvalue weighted by molar-refractivity contribution is 7.89.